The summed E-state index contributed by atoms with van der Waals surface area (Å²) in [6, 6.07) is 8.48. The number of aliphatic imine (C=N–C) groups is 1. The van der Waals surface area contributed by atoms with E-state index in [4.69, 9.17) is 5.73 Å². The highest BCUT2D eigenvalue weighted by molar-refractivity contribution is 5.78. The van der Waals surface area contributed by atoms with E-state index >= 15 is 0 Å². The molecule has 3 heteroatoms. The fourth-order valence-electron chi connectivity index (χ4n) is 2.52. The molecule has 0 spiro atoms. The predicted molar refractivity (Wildman–Crippen MR) is 81.3 cm³/mol. The Labute approximate surface area is 116 Å². The third-order valence-electron chi connectivity index (χ3n) is 4.02. The van der Waals surface area contributed by atoms with Crippen LogP contribution in [-0.2, 0) is 6.42 Å². The highest BCUT2D eigenvalue weighted by atomic mass is 15.3. The van der Waals surface area contributed by atoms with E-state index in [1.807, 2.05) is 0 Å². The molecule has 0 aromatic heterocycles. The van der Waals surface area contributed by atoms with Crippen molar-refractivity contribution in [1.82, 2.24) is 4.90 Å². The second-order valence-corrected chi connectivity index (χ2v) is 5.59. The summed E-state index contributed by atoms with van der Waals surface area (Å²) >= 11 is 0. The summed E-state index contributed by atoms with van der Waals surface area (Å²) in [5, 5.41) is 0. The molecule has 0 atom stereocenters. The van der Waals surface area contributed by atoms with Gasteiger partial charge in [0.1, 0.15) is 0 Å². The van der Waals surface area contributed by atoms with Gasteiger partial charge in [-0.2, -0.15) is 0 Å². The van der Waals surface area contributed by atoms with Gasteiger partial charge >= 0.3 is 0 Å². The molecule has 1 aliphatic rings. The minimum atomic E-state index is 0.723. The maximum atomic E-state index is 6.07. The molecule has 3 nitrogen and oxygen atoms in total. The molecule has 2 N–H and O–H groups in total. The van der Waals surface area contributed by atoms with Gasteiger partial charge in [-0.15, -0.1) is 0 Å². The van der Waals surface area contributed by atoms with Gasteiger partial charge in [0.15, 0.2) is 5.96 Å². The first-order valence-corrected chi connectivity index (χ1v) is 7.26. The molecule has 1 heterocycles. The summed E-state index contributed by atoms with van der Waals surface area (Å²) < 4.78 is 0. The number of likely N-dealkylation sites (tertiary alicyclic amines) is 1. The lowest BCUT2D eigenvalue weighted by Gasteiger charge is -2.31. The van der Waals surface area contributed by atoms with Crippen molar-refractivity contribution in [3.8, 4) is 0 Å². The summed E-state index contributed by atoms with van der Waals surface area (Å²) in [4.78, 5) is 6.75. The second kappa shape index (κ2) is 6.60. The normalized spacial score (nSPS) is 17.8. The van der Waals surface area contributed by atoms with Crippen LogP contribution in [0.15, 0.2) is 29.3 Å². The van der Waals surface area contributed by atoms with Crippen LogP contribution >= 0.6 is 0 Å². The molecule has 0 bridgehead atoms. The topological polar surface area (TPSA) is 41.6 Å². The predicted octanol–water partition coefficient (Wildman–Crippen LogP) is 2.58. The molecule has 104 valence electrons. The standard InChI is InChI=1S/C16H25N3/c1-13-8-11-19(12-9-13)16(17)18-10-7-15-6-4-3-5-14(15)2/h3-6,13H,7-12H2,1-2H3,(H2,17,18). The lowest BCUT2D eigenvalue weighted by molar-refractivity contribution is 0.277. The molecule has 1 aromatic carbocycles. The minimum absolute atomic E-state index is 0.723. The molecule has 0 amide bonds. The fraction of sp³-hybridized carbons (Fsp3) is 0.562. The molecule has 0 saturated carbocycles. The zero-order valence-electron chi connectivity index (χ0n) is 12.1. The minimum Gasteiger partial charge on any atom is -0.370 e. The lowest BCUT2D eigenvalue weighted by Crippen LogP contribution is -2.42. The number of hydrogen-bond donors (Lipinski definition) is 1. The summed E-state index contributed by atoms with van der Waals surface area (Å²) in [6.45, 7) is 7.35. The average molecular weight is 259 g/mol. The Morgan fingerprint density at radius 1 is 1.32 bits per heavy atom. The van der Waals surface area contributed by atoms with Crippen LogP contribution in [0.25, 0.3) is 0 Å². The molecular weight excluding hydrogens is 234 g/mol. The average Bonchev–Trinajstić information content (AvgIpc) is 2.41. The van der Waals surface area contributed by atoms with E-state index in [0.29, 0.717) is 0 Å². The van der Waals surface area contributed by atoms with Crippen LogP contribution in [0, 0.1) is 12.8 Å². The Morgan fingerprint density at radius 2 is 2.00 bits per heavy atom. The first kappa shape index (κ1) is 13.9. The summed E-state index contributed by atoms with van der Waals surface area (Å²) in [6.07, 6.45) is 3.43. The SMILES string of the molecule is Cc1ccccc1CCN=C(N)N1CCC(C)CC1. The van der Waals surface area contributed by atoms with Crippen molar-refractivity contribution in [2.45, 2.75) is 33.1 Å². The first-order chi connectivity index (χ1) is 9.16. The van der Waals surface area contributed by atoms with Crippen molar-refractivity contribution >= 4 is 5.96 Å². The third kappa shape index (κ3) is 3.98. The van der Waals surface area contributed by atoms with Crippen molar-refractivity contribution in [2.24, 2.45) is 16.6 Å². The van der Waals surface area contributed by atoms with E-state index in [2.05, 4.69) is 48.0 Å². The van der Waals surface area contributed by atoms with Crippen molar-refractivity contribution in [3.05, 3.63) is 35.4 Å². The molecule has 1 saturated heterocycles. The van der Waals surface area contributed by atoms with Crippen molar-refractivity contribution < 1.29 is 0 Å². The zero-order valence-corrected chi connectivity index (χ0v) is 12.1. The Balaban J connectivity index is 1.83. The summed E-state index contributed by atoms with van der Waals surface area (Å²) in [5.74, 6) is 1.55. The monoisotopic (exact) mass is 259 g/mol. The van der Waals surface area contributed by atoms with E-state index in [1.165, 1.54) is 24.0 Å². The number of benzene rings is 1. The molecule has 2 rings (SSSR count). The van der Waals surface area contributed by atoms with Gasteiger partial charge < -0.3 is 10.6 Å². The van der Waals surface area contributed by atoms with Crippen LogP contribution < -0.4 is 5.73 Å². The number of nitrogens with two attached hydrogens (primary N) is 1. The number of rotatable bonds is 3. The third-order valence-corrected chi connectivity index (χ3v) is 4.02. The van der Waals surface area contributed by atoms with Crippen molar-refractivity contribution in [1.29, 1.82) is 0 Å². The second-order valence-electron chi connectivity index (χ2n) is 5.59. The quantitative estimate of drug-likeness (QED) is 0.669. The van der Waals surface area contributed by atoms with Crippen molar-refractivity contribution in [3.63, 3.8) is 0 Å². The highest BCUT2D eigenvalue weighted by Gasteiger charge is 2.16. The Morgan fingerprint density at radius 3 is 2.68 bits per heavy atom. The van der Waals surface area contributed by atoms with Gasteiger partial charge in [0.25, 0.3) is 0 Å². The maximum absolute atomic E-state index is 6.07. The number of nitrogens with zero attached hydrogens (tertiary/aromatic N) is 2. The van der Waals surface area contributed by atoms with Gasteiger partial charge in [-0.1, -0.05) is 31.2 Å². The summed E-state index contributed by atoms with van der Waals surface area (Å²) in [7, 11) is 0. The number of aryl methyl sites for hydroxylation is 1. The van der Waals surface area contributed by atoms with Gasteiger partial charge in [-0.05, 0) is 43.2 Å². The smallest absolute Gasteiger partial charge is 0.191 e. The molecule has 1 aromatic rings. The lowest BCUT2D eigenvalue weighted by atomic mass is 10.00. The van der Waals surface area contributed by atoms with Crippen LogP contribution in [0.1, 0.15) is 30.9 Å². The molecular formula is C16H25N3. The fourth-order valence-corrected chi connectivity index (χ4v) is 2.52. The van der Waals surface area contributed by atoms with Gasteiger partial charge in [-0.3, -0.25) is 4.99 Å². The molecule has 0 aliphatic carbocycles. The number of hydrogen-bond acceptors (Lipinski definition) is 1. The Kier molecular flexibility index (Phi) is 4.83. The Hall–Kier alpha value is -1.51. The van der Waals surface area contributed by atoms with E-state index in [-0.39, 0.29) is 0 Å². The first-order valence-electron chi connectivity index (χ1n) is 7.26. The van der Waals surface area contributed by atoms with Crippen molar-refractivity contribution in [2.75, 3.05) is 19.6 Å². The van der Waals surface area contributed by atoms with Crippen LogP contribution in [0.5, 0.6) is 0 Å². The largest absolute Gasteiger partial charge is 0.370 e. The highest BCUT2D eigenvalue weighted by Crippen LogP contribution is 2.15. The number of guanidine groups is 1. The van der Waals surface area contributed by atoms with Gasteiger partial charge in [-0.25, -0.2) is 0 Å². The van der Waals surface area contributed by atoms with Crippen LogP contribution in [0.2, 0.25) is 0 Å². The van der Waals surface area contributed by atoms with E-state index in [1.54, 1.807) is 0 Å². The zero-order chi connectivity index (χ0) is 13.7. The van der Waals surface area contributed by atoms with Crippen LogP contribution in [0.3, 0.4) is 0 Å². The molecule has 1 fully saturated rings. The van der Waals surface area contributed by atoms with Gasteiger partial charge in [0.05, 0.1) is 0 Å². The maximum Gasteiger partial charge on any atom is 0.191 e. The van der Waals surface area contributed by atoms with Gasteiger partial charge in [0.2, 0.25) is 0 Å². The van der Waals surface area contributed by atoms with Gasteiger partial charge in [0, 0.05) is 19.6 Å². The molecule has 0 radical (unpaired) electrons. The Bertz CT molecular complexity index is 431. The number of piperidine rings is 1. The summed E-state index contributed by atoms with van der Waals surface area (Å²) in [5.41, 5.74) is 8.78. The van der Waals surface area contributed by atoms with Crippen LogP contribution in [-0.4, -0.2) is 30.5 Å². The molecule has 0 unspecified atom stereocenters. The van der Waals surface area contributed by atoms with Crippen LogP contribution in [0.4, 0.5) is 0 Å². The molecule has 19 heavy (non-hydrogen) atoms. The molecule has 1 aliphatic heterocycles. The van der Waals surface area contributed by atoms with E-state index in [9.17, 15) is 0 Å². The van der Waals surface area contributed by atoms with E-state index < -0.39 is 0 Å². The van der Waals surface area contributed by atoms with E-state index in [0.717, 1.165) is 37.9 Å².